The highest BCUT2D eigenvalue weighted by molar-refractivity contribution is 5.27. The van der Waals surface area contributed by atoms with Crippen molar-refractivity contribution >= 4 is 0 Å². The normalized spacial score (nSPS) is 37.4. The fourth-order valence-corrected chi connectivity index (χ4v) is 3.86. The van der Waals surface area contributed by atoms with Crippen molar-refractivity contribution in [2.75, 3.05) is 46.3 Å². The van der Waals surface area contributed by atoms with E-state index >= 15 is 0 Å². The van der Waals surface area contributed by atoms with Crippen LogP contribution in [0.5, 0.6) is 0 Å². The van der Waals surface area contributed by atoms with Crippen LogP contribution in [0.15, 0.2) is 23.8 Å². The lowest BCUT2D eigenvalue weighted by atomic mass is 9.88. The van der Waals surface area contributed by atoms with Gasteiger partial charge in [-0.25, -0.2) is 0 Å². The van der Waals surface area contributed by atoms with Gasteiger partial charge in [-0.3, -0.25) is 9.80 Å². The fraction of sp³-hybridized carbons (Fsp3) is 0.765. The minimum Gasteiger partial charge on any atom is -0.305 e. The van der Waals surface area contributed by atoms with Crippen LogP contribution < -0.4 is 0 Å². The maximum atomic E-state index is 2.72. The van der Waals surface area contributed by atoms with Gasteiger partial charge in [-0.2, -0.15) is 0 Å². The average Bonchev–Trinajstić information content (AvgIpc) is 2.89. The van der Waals surface area contributed by atoms with Crippen molar-refractivity contribution < 1.29 is 0 Å². The standard InChI is InChI=1S/C17H29N3/c1-15-4-7-17(2,8-5-15)20-12-10-19(11-13-20)16-6-9-18(3)14-16/h4-5,7,16H,6,8-14H2,1-3H3. The van der Waals surface area contributed by atoms with Crippen LogP contribution in [0.25, 0.3) is 0 Å². The number of nitrogens with zero attached hydrogens (tertiary/aromatic N) is 3. The molecule has 3 rings (SSSR count). The molecule has 0 bridgehead atoms. The Morgan fingerprint density at radius 1 is 1.15 bits per heavy atom. The van der Waals surface area contributed by atoms with Gasteiger partial charge in [0.25, 0.3) is 0 Å². The molecule has 2 heterocycles. The number of piperazine rings is 1. The summed E-state index contributed by atoms with van der Waals surface area (Å²) in [5.74, 6) is 0. The molecule has 3 nitrogen and oxygen atoms in total. The van der Waals surface area contributed by atoms with E-state index in [1.807, 2.05) is 0 Å². The van der Waals surface area contributed by atoms with Gasteiger partial charge in [0.15, 0.2) is 0 Å². The molecular weight excluding hydrogens is 246 g/mol. The summed E-state index contributed by atoms with van der Waals surface area (Å²) >= 11 is 0. The second-order valence-electron chi connectivity index (χ2n) is 7.07. The first-order valence-electron chi connectivity index (χ1n) is 8.10. The molecule has 1 aliphatic carbocycles. The molecule has 2 unspecified atom stereocenters. The summed E-state index contributed by atoms with van der Waals surface area (Å²) in [5, 5.41) is 0. The van der Waals surface area contributed by atoms with E-state index in [4.69, 9.17) is 0 Å². The highest BCUT2D eigenvalue weighted by atomic mass is 15.3. The predicted molar refractivity (Wildman–Crippen MR) is 85.0 cm³/mol. The van der Waals surface area contributed by atoms with Crippen LogP contribution in [0, 0.1) is 0 Å². The van der Waals surface area contributed by atoms with E-state index in [9.17, 15) is 0 Å². The molecule has 2 fully saturated rings. The van der Waals surface area contributed by atoms with Gasteiger partial charge in [0.2, 0.25) is 0 Å². The van der Waals surface area contributed by atoms with Crippen molar-refractivity contribution in [1.29, 1.82) is 0 Å². The molecule has 0 amide bonds. The number of likely N-dealkylation sites (tertiary alicyclic amines) is 1. The van der Waals surface area contributed by atoms with Gasteiger partial charge in [0.1, 0.15) is 0 Å². The minimum atomic E-state index is 0.248. The van der Waals surface area contributed by atoms with E-state index in [0.29, 0.717) is 0 Å². The van der Waals surface area contributed by atoms with E-state index in [0.717, 1.165) is 6.04 Å². The molecule has 112 valence electrons. The first kappa shape index (κ1) is 14.3. The summed E-state index contributed by atoms with van der Waals surface area (Å²) < 4.78 is 0. The molecule has 3 aliphatic rings. The molecule has 20 heavy (non-hydrogen) atoms. The van der Waals surface area contributed by atoms with E-state index < -0.39 is 0 Å². The zero-order valence-corrected chi connectivity index (χ0v) is 13.3. The molecule has 3 heteroatoms. The quantitative estimate of drug-likeness (QED) is 0.763. The molecule has 2 aliphatic heterocycles. The summed E-state index contributed by atoms with van der Waals surface area (Å²) in [6.45, 7) is 12.0. The molecule has 0 aromatic heterocycles. The van der Waals surface area contributed by atoms with Crippen molar-refractivity contribution in [3.63, 3.8) is 0 Å². The van der Waals surface area contributed by atoms with Gasteiger partial charge in [-0.15, -0.1) is 0 Å². The van der Waals surface area contributed by atoms with Crippen molar-refractivity contribution in [3.05, 3.63) is 23.8 Å². The molecule has 0 aromatic rings. The average molecular weight is 275 g/mol. The van der Waals surface area contributed by atoms with Gasteiger partial charge in [-0.1, -0.05) is 23.8 Å². The van der Waals surface area contributed by atoms with Gasteiger partial charge >= 0.3 is 0 Å². The molecule has 0 radical (unpaired) electrons. The van der Waals surface area contributed by atoms with Gasteiger partial charge in [0, 0.05) is 44.3 Å². The van der Waals surface area contributed by atoms with Crippen LogP contribution in [0.1, 0.15) is 26.7 Å². The summed E-state index contributed by atoms with van der Waals surface area (Å²) in [4.78, 5) is 7.87. The van der Waals surface area contributed by atoms with Crippen LogP contribution in [0.2, 0.25) is 0 Å². The van der Waals surface area contributed by atoms with E-state index in [2.05, 4.69) is 53.8 Å². The predicted octanol–water partition coefficient (Wildman–Crippen LogP) is 1.97. The molecule has 0 saturated carbocycles. The van der Waals surface area contributed by atoms with Gasteiger partial charge < -0.3 is 4.90 Å². The van der Waals surface area contributed by atoms with Crippen molar-refractivity contribution in [1.82, 2.24) is 14.7 Å². The highest BCUT2D eigenvalue weighted by Gasteiger charge is 2.34. The maximum Gasteiger partial charge on any atom is 0.0401 e. The Kier molecular flexibility index (Phi) is 4.02. The third kappa shape index (κ3) is 2.85. The number of allylic oxidation sites excluding steroid dienone is 2. The van der Waals surface area contributed by atoms with Crippen LogP contribution in [0.3, 0.4) is 0 Å². The van der Waals surface area contributed by atoms with Crippen LogP contribution in [-0.2, 0) is 0 Å². The second-order valence-corrected chi connectivity index (χ2v) is 7.07. The molecule has 0 spiro atoms. The van der Waals surface area contributed by atoms with E-state index in [1.54, 1.807) is 0 Å². The SMILES string of the molecule is CC1=CCC(C)(N2CCN(C3CCN(C)C3)CC2)C=C1. The smallest absolute Gasteiger partial charge is 0.0401 e. The Morgan fingerprint density at radius 3 is 2.45 bits per heavy atom. The Balaban J connectivity index is 1.55. The third-order valence-electron chi connectivity index (χ3n) is 5.46. The molecule has 2 saturated heterocycles. The van der Waals surface area contributed by atoms with Crippen LogP contribution in [0.4, 0.5) is 0 Å². The Hall–Kier alpha value is -0.640. The maximum absolute atomic E-state index is 2.72. The first-order chi connectivity index (χ1) is 9.57. The highest BCUT2D eigenvalue weighted by Crippen LogP contribution is 2.29. The first-order valence-corrected chi connectivity index (χ1v) is 8.10. The van der Waals surface area contributed by atoms with Gasteiger partial charge in [-0.05, 0) is 40.3 Å². The summed E-state index contributed by atoms with van der Waals surface area (Å²) in [5.41, 5.74) is 1.66. The lowest BCUT2D eigenvalue weighted by Crippen LogP contribution is -2.57. The van der Waals surface area contributed by atoms with Crippen molar-refractivity contribution in [2.24, 2.45) is 0 Å². The Labute approximate surface area is 123 Å². The van der Waals surface area contributed by atoms with Crippen LogP contribution >= 0.6 is 0 Å². The number of hydrogen-bond acceptors (Lipinski definition) is 3. The summed E-state index contributed by atoms with van der Waals surface area (Å²) in [7, 11) is 2.25. The molecule has 0 N–H and O–H groups in total. The Bertz CT molecular complexity index is 406. The number of hydrogen-bond donors (Lipinski definition) is 0. The molecular formula is C17H29N3. The lowest BCUT2D eigenvalue weighted by molar-refractivity contribution is 0.0491. The Morgan fingerprint density at radius 2 is 1.90 bits per heavy atom. The lowest BCUT2D eigenvalue weighted by Gasteiger charge is -2.46. The second kappa shape index (κ2) is 5.63. The third-order valence-corrected chi connectivity index (χ3v) is 5.46. The van der Waals surface area contributed by atoms with Crippen molar-refractivity contribution in [3.8, 4) is 0 Å². The largest absolute Gasteiger partial charge is 0.305 e. The van der Waals surface area contributed by atoms with E-state index in [1.165, 1.54) is 57.7 Å². The fourth-order valence-electron chi connectivity index (χ4n) is 3.86. The minimum absolute atomic E-state index is 0.248. The number of likely N-dealkylation sites (N-methyl/N-ethyl adjacent to an activating group) is 1. The topological polar surface area (TPSA) is 9.72 Å². The van der Waals surface area contributed by atoms with Crippen molar-refractivity contribution in [2.45, 2.75) is 38.3 Å². The zero-order valence-electron chi connectivity index (χ0n) is 13.3. The van der Waals surface area contributed by atoms with E-state index in [-0.39, 0.29) is 5.54 Å². The summed E-state index contributed by atoms with van der Waals surface area (Å²) in [6, 6.07) is 0.805. The summed E-state index contributed by atoms with van der Waals surface area (Å²) in [6.07, 6.45) is 9.62. The van der Waals surface area contributed by atoms with Gasteiger partial charge in [0.05, 0.1) is 0 Å². The zero-order chi connectivity index (χ0) is 14.2. The van der Waals surface area contributed by atoms with Crippen LogP contribution in [-0.4, -0.2) is 72.6 Å². The molecule has 0 aromatic carbocycles. The number of rotatable bonds is 2. The monoisotopic (exact) mass is 275 g/mol. The molecule has 2 atom stereocenters.